The Labute approximate surface area is 164 Å². The monoisotopic (exact) mass is 404 g/mol. The van der Waals surface area contributed by atoms with Crippen molar-refractivity contribution in [2.75, 3.05) is 26.6 Å². The number of benzene rings is 1. The molecule has 146 valence electrons. The van der Waals surface area contributed by atoms with Gasteiger partial charge in [-0.1, -0.05) is 12.1 Å². The number of rotatable bonds is 7. The van der Waals surface area contributed by atoms with Crippen LogP contribution in [0.25, 0.3) is 0 Å². The van der Waals surface area contributed by atoms with Crippen molar-refractivity contribution < 1.29 is 33.3 Å². The summed E-state index contributed by atoms with van der Waals surface area (Å²) in [6.07, 6.45) is 0. The number of anilines is 1. The van der Waals surface area contributed by atoms with Gasteiger partial charge in [-0.2, -0.15) is 5.26 Å². The number of para-hydroxylation sites is 1. The van der Waals surface area contributed by atoms with Crippen molar-refractivity contribution in [2.45, 2.75) is 6.61 Å². The van der Waals surface area contributed by atoms with E-state index in [1.807, 2.05) is 6.07 Å². The molecule has 2 rings (SSSR count). The van der Waals surface area contributed by atoms with Crippen LogP contribution < -0.4 is 10.5 Å². The largest absolute Gasteiger partial charge is 0.481 e. The zero-order chi connectivity index (χ0) is 20.7. The number of nitrogen functional groups attached to an aromatic ring is 1. The van der Waals surface area contributed by atoms with Gasteiger partial charge >= 0.3 is 17.9 Å². The number of methoxy groups -OCH3 is 2. The molecule has 0 bridgehead atoms. The predicted octanol–water partition coefficient (Wildman–Crippen LogP) is 1.90. The highest BCUT2D eigenvalue weighted by molar-refractivity contribution is 7.18. The average molecular weight is 404 g/mol. The summed E-state index contributed by atoms with van der Waals surface area (Å²) < 4.78 is 19.7. The first-order valence-corrected chi connectivity index (χ1v) is 8.59. The summed E-state index contributed by atoms with van der Waals surface area (Å²) in [4.78, 5) is 35.9. The molecule has 0 atom stereocenters. The summed E-state index contributed by atoms with van der Waals surface area (Å²) >= 11 is 0.828. The number of ether oxygens (including phenoxy) is 4. The van der Waals surface area contributed by atoms with E-state index in [-0.39, 0.29) is 32.3 Å². The van der Waals surface area contributed by atoms with Crippen molar-refractivity contribution in [3.8, 4) is 11.8 Å². The first kappa shape index (κ1) is 20.7. The minimum atomic E-state index is -0.774. The molecule has 1 aromatic carbocycles. The Morgan fingerprint density at radius 3 is 2.46 bits per heavy atom. The maximum Gasteiger partial charge on any atom is 0.348 e. The normalized spacial score (nSPS) is 9.89. The van der Waals surface area contributed by atoms with Crippen LogP contribution in [0, 0.1) is 11.3 Å². The van der Waals surface area contributed by atoms with Crippen LogP contribution in [0.15, 0.2) is 24.3 Å². The van der Waals surface area contributed by atoms with Gasteiger partial charge in [-0.15, -0.1) is 11.3 Å². The van der Waals surface area contributed by atoms with Gasteiger partial charge in [0.05, 0.1) is 19.8 Å². The summed E-state index contributed by atoms with van der Waals surface area (Å²) in [7, 11) is 2.33. The first-order chi connectivity index (χ1) is 13.4. The third-order valence-electron chi connectivity index (χ3n) is 3.53. The van der Waals surface area contributed by atoms with E-state index in [1.54, 1.807) is 18.2 Å². The molecule has 1 aromatic heterocycles. The van der Waals surface area contributed by atoms with E-state index in [2.05, 4.69) is 9.47 Å². The molecule has 28 heavy (non-hydrogen) atoms. The molecule has 0 radical (unpaired) electrons. The second kappa shape index (κ2) is 9.38. The number of nitrogens with two attached hydrogens (primary N) is 1. The molecule has 10 heteroatoms. The molecule has 0 amide bonds. The number of thiophene rings is 1. The molecule has 2 aromatic rings. The van der Waals surface area contributed by atoms with Crippen molar-refractivity contribution in [2.24, 2.45) is 0 Å². The van der Waals surface area contributed by atoms with Gasteiger partial charge in [0.15, 0.2) is 6.61 Å². The van der Waals surface area contributed by atoms with Gasteiger partial charge in [0.25, 0.3) is 0 Å². The lowest BCUT2D eigenvalue weighted by Crippen LogP contribution is -2.17. The first-order valence-electron chi connectivity index (χ1n) is 7.78. The zero-order valence-corrected chi connectivity index (χ0v) is 15.8. The molecule has 0 aliphatic heterocycles. The van der Waals surface area contributed by atoms with Crippen molar-refractivity contribution in [3.05, 3.63) is 45.8 Å². The van der Waals surface area contributed by atoms with Crippen molar-refractivity contribution >= 4 is 34.2 Å². The smallest absolute Gasteiger partial charge is 0.348 e. The van der Waals surface area contributed by atoms with E-state index in [4.69, 9.17) is 20.5 Å². The number of carbonyl (C=O) groups is 3. The zero-order valence-electron chi connectivity index (χ0n) is 15.0. The predicted molar refractivity (Wildman–Crippen MR) is 97.9 cm³/mol. The van der Waals surface area contributed by atoms with Crippen LogP contribution >= 0.6 is 11.3 Å². The fraction of sp³-hybridized carbons (Fsp3) is 0.222. The Morgan fingerprint density at radius 1 is 1.14 bits per heavy atom. The van der Waals surface area contributed by atoms with Gasteiger partial charge in [-0.05, 0) is 12.1 Å². The Balaban J connectivity index is 2.12. The third-order valence-corrected chi connectivity index (χ3v) is 4.57. The van der Waals surface area contributed by atoms with Crippen LogP contribution in [0.4, 0.5) is 5.00 Å². The molecule has 2 N–H and O–H groups in total. The Kier molecular flexibility index (Phi) is 6.95. The van der Waals surface area contributed by atoms with E-state index in [9.17, 15) is 14.4 Å². The van der Waals surface area contributed by atoms with E-state index in [0.717, 1.165) is 18.4 Å². The van der Waals surface area contributed by atoms with Crippen molar-refractivity contribution in [1.82, 2.24) is 0 Å². The summed E-state index contributed by atoms with van der Waals surface area (Å²) in [5.41, 5.74) is 6.09. The van der Waals surface area contributed by atoms with Gasteiger partial charge in [0.2, 0.25) is 0 Å². The Bertz CT molecular complexity index is 946. The van der Waals surface area contributed by atoms with Gasteiger partial charge in [-0.3, -0.25) is 0 Å². The van der Waals surface area contributed by atoms with Gasteiger partial charge in [0.1, 0.15) is 33.9 Å². The number of carbonyl (C=O) groups excluding carboxylic acids is 3. The average Bonchev–Trinajstić information content (AvgIpc) is 3.05. The van der Waals surface area contributed by atoms with Crippen LogP contribution in [-0.2, 0) is 25.6 Å². The topological polar surface area (TPSA) is 138 Å². The Morgan fingerprint density at radius 2 is 1.82 bits per heavy atom. The maximum atomic E-state index is 12.0. The lowest BCUT2D eigenvalue weighted by Gasteiger charge is -2.09. The van der Waals surface area contributed by atoms with E-state index in [0.29, 0.717) is 0 Å². The molecule has 0 fully saturated rings. The lowest BCUT2D eigenvalue weighted by atomic mass is 10.1. The second-order valence-corrected chi connectivity index (χ2v) is 6.24. The third kappa shape index (κ3) is 4.57. The molecule has 0 aliphatic rings. The molecule has 0 saturated heterocycles. The highest BCUT2D eigenvalue weighted by Crippen LogP contribution is 2.33. The van der Waals surface area contributed by atoms with Gasteiger partial charge < -0.3 is 24.7 Å². The molecule has 9 nitrogen and oxygen atoms in total. The maximum absolute atomic E-state index is 12.0. The molecular formula is C18H16N2O7S. The molecule has 0 aliphatic carbocycles. The van der Waals surface area contributed by atoms with Crippen LogP contribution in [0.2, 0.25) is 0 Å². The summed E-state index contributed by atoms with van der Waals surface area (Å²) in [6, 6.07) is 8.33. The number of nitrogens with zero attached hydrogens (tertiary/aromatic N) is 1. The number of hydrogen-bond donors (Lipinski definition) is 1. The fourth-order valence-electron chi connectivity index (χ4n) is 2.22. The van der Waals surface area contributed by atoms with Crippen molar-refractivity contribution in [3.63, 3.8) is 0 Å². The molecule has 0 unspecified atom stereocenters. The van der Waals surface area contributed by atoms with E-state index in [1.165, 1.54) is 13.2 Å². The standard InChI is InChI=1S/C18H16N2O7S/c1-24-17(22)14-11(15(18(23)25-2)28-16(14)20)8-27-13(21)9-26-12-6-4-3-5-10(12)7-19/h3-6H,8-9,20H2,1-2H3. The van der Waals surface area contributed by atoms with Crippen molar-refractivity contribution in [1.29, 1.82) is 5.26 Å². The number of hydrogen-bond acceptors (Lipinski definition) is 10. The second-order valence-electron chi connectivity index (χ2n) is 5.19. The van der Waals surface area contributed by atoms with Gasteiger partial charge in [0, 0.05) is 5.56 Å². The van der Waals surface area contributed by atoms with Crippen LogP contribution in [0.1, 0.15) is 31.2 Å². The molecule has 0 saturated carbocycles. The molecular weight excluding hydrogens is 388 g/mol. The minimum absolute atomic E-state index is 0.0314. The van der Waals surface area contributed by atoms with E-state index >= 15 is 0 Å². The van der Waals surface area contributed by atoms with Crippen LogP contribution in [0.5, 0.6) is 5.75 Å². The number of esters is 3. The summed E-state index contributed by atoms with van der Waals surface area (Å²) in [5.74, 6) is -2.04. The minimum Gasteiger partial charge on any atom is -0.481 e. The highest BCUT2D eigenvalue weighted by Gasteiger charge is 2.28. The summed E-state index contributed by atoms with van der Waals surface area (Å²) in [6.45, 7) is -0.885. The molecule has 1 heterocycles. The lowest BCUT2D eigenvalue weighted by molar-refractivity contribution is -0.147. The fourth-order valence-corrected chi connectivity index (χ4v) is 3.20. The van der Waals surface area contributed by atoms with E-state index < -0.39 is 31.1 Å². The number of nitriles is 1. The Hall–Kier alpha value is -3.58. The SMILES string of the molecule is COC(=O)c1sc(N)c(C(=O)OC)c1COC(=O)COc1ccccc1C#N. The van der Waals surface area contributed by atoms with Gasteiger partial charge in [-0.25, -0.2) is 14.4 Å². The quantitative estimate of drug-likeness (QED) is 0.541. The summed E-state index contributed by atoms with van der Waals surface area (Å²) in [5, 5.41) is 9.04. The molecule has 0 spiro atoms. The highest BCUT2D eigenvalue weighted by atomic mass is 32.1. The van der Waals surface area contributed by atoms with Crippen LogP contribution in [0.3, 0.4) is 0 Å². The van der Waals surface area contributed by atoms with Crippen LogP contribution in [-0.4, -0.2) is 38.7 Å².